The van der Waals surface area contributed by atoms with Crippen molar-refractivity contribution >= 4 is 39.3 Å². The largest absolute Gasteiger partial charge is 0.368 e. The maximum atomic E-state index is 11.7. The third-order valence-corrected chi connectivity index (χ3v) is 2.76. The van der Waals surface area contributed by atoms with E-state index in [1.54, 1.807) is 18.2 Å². The van der Waals surface area contributed by atoms with Crippen molar-refractivity contribution in [1.82, 2.24) is 5.32 Å². The minimum Gasteiger partial charge on any atom is -0.368 e. The molecule has 86 valence electrons. The van der Waals surface area contributed by atoms with Gasteiger partial charge in [0.05, 0.1) is 10.6 Å². The standard InChI is InChI=1S/C10H10BrClN2O2/c1-5(9(13)15)14-10(16)7-3-2-6(11)4-8(7)12/h2-5H,1H3,(H2,13,15)(H,14,16)/t5-/m0/s1. The fourth-order valence-corrected chi connectivity index (χ4v) is 1.78. The molecule has 4 nitrogen and oxygen atoms in total. The van der Waals surface area contributed by atoms with Crippen molar-refractivity contribution in [1.29, 1.82) is 0 Å². The van der Waals surface area contributed by atoms with Gasteiger partial charge in [-0.2, -0.15) is 0 Å². The zero-order chi connectivity index (χ0) is 12.3. The first-order valence-corrected chi connectivity index (χ1v) is 5.64. The summed E-state index contributed by atoms with van der Waals surface area (Å²) in [4.78, 5) is 22.4. The van der Waals surface area contributed by atoms with E-state index in [4.69, 9.17) is 17.3 Å². The summed E-state index contributed by atoms with van der Waals surface area (Å²) in [5.74, 6) is -1.02. The molecule has 6 heteroatoms. The Balaban J connectivity index is 2.85. The molecule has 3 N–H and O–H groups in total. The molecule has 0 aliphatic heterocycles. The molecule has 0 aromatic heterocycles. The number of primary amides is 1. The van der Waals surface area contributed by atoms with E-state index in [2.05, 4.69) is 21.2 Å². The first-order chi connectivity index (χ1) is 7.41. The van der Waals surface area contributed by atoms with E-state index in [-0.39, 0.29) is 0 Å². The van der Waals surface area contributed by atoms with Crippen LogP contribution in [0.4, 0.5) is 0 Å². The van der Waals surface area contributed by atoms with Crippen molar-refractivity contribution in [3.63, 3.8) is 0 Å². The van der Waals surface area contributed by atoms with Crippen LogP contribution in [0.25, 0.3) is 0 Å². The number of benzene rings is 1. The number of rotatable bonds is 3. The van der Waals surface area contributed by atoms with Gasteiger partial charge in [0.2, 0.25) is 5.91 Å². The number of carbonyl (C=O) groups excluding carboxylic acids is 2. The quantitative estimate of drug-likeness (QED) is 0.892. The van der Waals surface area contributed by atoms with Gasteiger partial charge in [-0.3, -0.25) is 9.59 Å². The van der Waals surface area contributed by atoms with E-state index in [0.29, 0.717) is 10.6 Å². The number of nitrogens with two attached hydrogens (primary N) is 1. The molecule has 0 radical (unpaired) electrons. The summed E-state index contributed by atoms with van der Waals surface area (Å²) >= 11 is 9.11. The van der Waals surface area contributed by atoms with E-state index in [1.807, 2.05) is 0 Å². The summed E-state index contributed by atoms with van der Waals surface area (Å²) in [5.41, 5.74) is 5.33. The van der Waals surface area contributed by atoms with Crippen molar-refractivity contribution < 1.29 is 9.59 Å². The van der Waals surface area contributed by atoms with Gasteiger partial charge >= 0.3 is 0 Å². The first-order valence-electron chi connectivity index (χ1n) is 4.47. The molecule has 1 aromatic carbocycles. The summed E-state index contributed by atoms with van der Waals surface area (Å²) in [7, 11) is 0. The molecular weight excluding hydrogens is 295 g/mol. The van der Waals surface area contributed by atoms with Crippen LogP contribution < -0.4 is 11.1 Å². The molecule has 0 aliphatic rings. The van der Waals surface area contributed by atoms with Gasteiger partial charge in [0.15, 0.2) is 0 Å². The number of hydrogen-bond acceptors (Lipinski definition) is 2. The van der Waals surface area contributed by atoms with Crippen LogP contribution in [0.2, 0.25) is 5.02 Å². The number of hydrogen-bond donors (Lipinski definition) is 2. The highest BCUT2D eigenvalue weighted by Crippen LogP contribution is 2.21. The van der Waals surface area contributed by atoms with E-state index in [9.17, 15) is 9.59 Å². The van der Waals surface area contributed by atoms with Gasteiger partial charge in [-0.25, -0.2) is 0 Å². The molecule has 0 saturated heterocycles. The Kier molecular flexibility index (Phi) is 4.32. The van der Waals surface area contributed by atoms with Gasteiger partial charge in [0, 0.05) is 4.47 Å². The molecule has 0 unspecified atom stereocenters. The number of halogens is 2. The van der Waals surface area contributed by atoms with Crippen LogP contribution in [0.15, 0.2) is 22.7 Å². The highest BCUT2D eigenvalue weighted by Gasteiger charge is 2.15. The third-order valence-electron chi connectivity index (χ3n) is 1.95. The van der Waals surface area contributed by atoms with Gasteiger partial charge in [0.25, 0.3) is 5.91 Å². The number of carbonyl (C=O) groups is 2. The predicted octanol–water partition coefficient (Wildman–Crippen LogP) is 1.71. The van der Waals surface area contributed by atoms with Crippen molar-refractivity contribution in [3.05, 3.63) is 33.3 Å². The molecule has 1 rings (SSSR count). The lowest BCUT2D eigenvalue weighted by Gasteiger charge is -2.11. The third kappa shape index (κ3) is 3.21. The van der Waals surface area contributed by atoms with E-state index in [0.717, 1.165) is 4.47 Å². The Morgan fingerprint density at radius 1 is 1.50 bits per heavy atom. The summed E-state index contributed by atoms with van der Waals surface area (Å²) in [6, 6.07) is 4.13. The van der Waals surface area contributed by atoms with Crippen molar-refractivity contribution in [2.45, 2.75) is 13.0 Å². The van der Waals surface area contributed by atoms with Crippen LogP contribution in [0.3, 0.4) is 0 Å². The lowest BCUT2D eigenvalue weighted by Crippen LogP contribution is -2.42. The summed E-state index contributed by atoms with van der Waals surface area (Å²) in [5, 5.41) is 2.75. The number of amides is 2. The van der Waals surface area contributed by atoms with E-state index >= 15 is 0 Å². The van der Waals surface area contributed by atoms with Crippen LogP contribution >= 0.6 is 27.5 Å². The minimum absolute atomic E-state index is 0.304. The molecule has 1 aromatic rings. The summed E-state index contributed by atoms with van der Waals surface area (Å²) < 4.78 is 0.775. The Hall–Kier alpha value is -1.07. The Labute approximate surface area is 106 Å². The molecule has 16 heavy (non-hydrogen) atoms. The predicted molar refractivity (Wildman–Crippen MR) is 65.3 cm³/mol. The lowest BCUT2D eigenvalue weighted by atomic mass is 10.2. The smallest absolute Gasteiger partial charge is 0.253 e. The molecule has 2 amide bonds. The highest BCUT2D eigenvalue weighted by molar-refractivity contribution is 9.10. The first kappa shape index (κ1) is 13.0. The van der Waals surface area contributed by atoms with Gasteiger partial charge in [-0.1, -0.05) is 27.5 Å². The second-order valence-corrected chi connectivity index (χ2v) is 4.54. The molecule has 1 atom stereocenters. The minimum atomic E-state index is -0.729. The second-order valence-electron chi connectivity index (χ2n) is 3.22. The fraction of sp³-hybridized carbons (Fsp3) is 0.200. The highest BCUT2D eigenvalue weighted by atomic mass is 79.9. The molecular formula is C10H10BrClN2O2. The average Bonchev–Trinajstić information content (AvgIpc) is 2.16. The molecule has 0 spiro atoms. The monoisotopic (exact) mass is 304 g/mol. The maximum absolute atomic E-state index is 11.7. The number of nitrogens with one attached hydrogen (secondary N) is 1. The topological polar surface area (TPSA) is 72.2 Å². The van der Waals surface area contributed by atoms with Crippen LogP contribution in [0, 0.1) is 0 Å². The van der Waals surface area contributed by atoms with Gasteiger partial charge in [-0.05, 0) is 25.1 Å². The Morgan fingerprint density at radius 2 is 2.12 bits per heavy atom. The second kappa shape index (κ2) is 5.32. The van der Waals surface area contributed by atoms with Gasteiger partial charge < -0.3 is 11.1 Å². The van der Waals surface area contributed by atoms with Crippen molar-refractivity contribution in [3.8, 4) is 0 Å². The van der Waals surface area contributed by atoms with Crippen LogP contribution in [0.1, 0.15) is 17.3 Å². The lowest BCUT2D eigenvalue weighted by molar-refractivity contribution is -0.119. The van der Waals surface area contributed by atoms with Crippen molar-refractivity contribution in [2.75, 3.05) is 0 Å². The summed E-state index contributed by atoms with van der Waals surface area (Å²) in [6.07, 6.45) is 0. The van der Waals surface area contributed by atoms with Crippen LogP contribution in [-0.4, -0.2) is 17.9 Å². The molecule has 0 saturated carbocycles. The maximum Gasteiger partial charge on any atom is 0.253 e. The normalized spacial score (nSPS) is 11.9. The average molecular weight is 306 g/mol. The fourth-order valence-electron chi connectivity index (χ4n) is 1.02. The molecule has 0 bridgehead atoms. The van der Waals surface area contributed by atoms with Crippen molar-refractivity contribution in [2.24, 2.45) is 5.73 Å². The SMILES string of the molecule is C[C@H](NC(=O)c1ccc(Br)cc1Cl)C(N)=O. The molecule has 0 fully saturated rings. The van der Waals surface area contributed by atoms with Crippen LogP contribution in [-0.2, 0) is 4.79 Å². The molecule has 0 aliphatic carbocycles. The van der Waals surface area contributed by atoms with E-state index < -0.39 is 17.9 Å². The zero-order valence-electron chi connectivity index (χ0n) is 8.46. The Morgan fingerprint density at radius 3 is 2.62 bits per heavy atom. The van der Waals surface area contributed by atoms with E-state index in [1.165, 1.54) is 6.92 Å². The zero-order valence-corrected chi connectivity index (χ0v) is 10.8. The molecule has 0 heterocycles. The van der Waals surface area contributed by atoms with Gasteiger partial charge in [-0.15, -0.1) is 0 Å². The Bertz CT molecular complexity index is 437. The summed E-state index contributed by atoms with van der Waals surface area (Å²) in [6.45, 7) is 1.51. The van der Waals surface area contributed by atoms with Gasteiger partial charge in [0.1, 0.15) is 6.04 Å². The van der Waals surface area contributed by atoms with Crippen LogP contribution in [0.5, 0.6) is 0 Å².